The summed E-state index contributed by atoms with van der Waals surface area (Å²) in [7, 11) is 1.87. The van der Waals surface area contributed by atoms with Gasteiger partial charge < -0.3 is 30.7 Å². The van der Waals surface area contributed by atoms with Crippen LogP contribution in [0, 0.1) is 5.92 Å². The number of aliphatic hydroxyl groups is 1. The van der Waals surface area contributed by atoms with Crippen molar-refractivity contribution in [3.05, 3.63) is 23.8 Å². The maximum absolute atomic E-state index is 13.3. The first-order chi connectivity index (χ1) is 14.9. The van der Waals surface area contributed by atoms with Gasteiger partial charge in [0.25, 0.3) is 5.91 Å². The zero-order valence-corrected chi connectivity index (χ0v) is 18.8. The van der Waals surface area contributed by atoms with Gasteiger partial charge in [-0.3, -0.25) is 4.79 Å². The van der Waals surface area contributed by atoms with Crippen LogP contribution in [0.15, 0.2) is 18.2 Å². The molecule has 3 amide bonds. The third-order valence-corrected chi connectivity index (χ3v) is 6.27. The van der Waals surface area contributed by atoms with Gasteiger partial charge in [-0.25, -0.2) is 4.79 Å². The normalized spacial score (nSPS) is 23.2. The second-order valence-corrected chi connectivity index (χ2v) is 8.82. The lowest BCUT2D eigenvalue weighted by molar-refractivity contribution is 0.0416. The van der Waals surface area contributed by atoms with Crippen LogP contribution in [0.4, 0.5) is 10.5 Å². The standard InChI is InChI=1S/C23H36N4O4/c1-15-13-27(16(2)14-28)22(29)19-11-18(9-10-20(19)31-21(15)12-24-3)26-23(30)25-17-7-5-4-6-8-17/h9-11,15-17,21,24,28H,4-8,12-14H2,1-3H3,(H2,25,26,30)/t15-,16-,21-/m0/s1. The first-order valence-corrected chi connectivity index (χ1v) is 11.4. The molecule has 0 bridgehead atoms. The summed E-state index contributed by atoms with van der Waals surface area (Å²) in [5.41, 5.74) is 0.933. The summed E-state index contributed by atoms with van der Waals surface area (Å²) in [6.45, 7) is 4.88. The van der Waals surface area contributed by atoms with E-state index in [1.807, 2.05) is 20.9 Å². The van der Waals surface area contributed by atoms with Crippen molar-refractivity contribution in [3.8, 4) is 5.75 Å². The molecule has 1 fully saturated rings. The van der Waals surface area contributed by atoms with Crippen molar-refractivity contribution in [2.45, 2.75) is 64.1 Å². The van der Waals surface area contributed by atoms with Crippen LogP contribution in [-0.2, 0) is 0 Å². The van der Waals surface area contributed by atoms with Crippen LogP contribution in [0.2, 0.25) is 0 Å². The van der Waals surface area contributed by atoms with E-state index in [2.05, 4.69) is 16.0 Å². The molecule has 3 rings (SSSR count). The van der Waals surface area contributed by atoms with E-state index in [0.29, 0.717) is 30.1 Å². The summed E-state index contributed by atoms with van der Waals surface area (Å²) in [6, 6.07) is 4.80. The van der Waals surface area contributed by atoms with Crippen LogP contribution in [-0.4, -0.2) is 66.9 Å². The van der Waals surface area contributed by atoms with Gasteiger partial charge in [0.1, 0.15) is 11.9 Å². The molecule has 1 aliphatic heterocycles. The third kappa shape index (κ3) is 5.89. The minimum Gasteiger partial charge on any atom is -0.488 e. The van der Waals surface area contributed by atoms with Crippen molar-refractivity contribution in [2.24, 2.45) is 5.92 Å². The van der Waals surface area contributed by atoms with Gasteiger partial charge in [-0.1, -0.05) is 26.2 Å². The van der Waals surface area contributed by atoms with Crippen LogP contribution in [0.3, 0.4) is 0 Å². The van der Waals surface area contributed by atoms with Crippen LogP contribution in [0.1, 0.15) is 56.3 Å². The molecule has 0 spiro atoms. The maximum Gasteiger partial charge on any atom is 0.319 e. The third-order valence-electron chi connectivity index (χ3n) is 6.27. The lowest BCUT2D eigenvalue weighted by Gasteiger charge is -2.37. The second-order valence-electron chi connectivity index (χ2n) is 8.82. The topological polar surface area (TPSA) is 103 Å². The van der Waals surface area contributed by atoms with Gasteiger partial charge >= 0.3 is 6.03 Å². The van der Waals surface area contributed by atoms with E-state index in [4.69, 9.17) is 4.74 Å². The largest absolute Gasteiger partial charge is 0.488 e. The van der Waals surface area contributed by atoms with Crippen LogP contribution < -0.4 is 20.7 Å². The van der Waals surface area contributed by atoms with E-state index >= 15 is 0 Å². The van der Waals surface area contributed by atoms with Gasteiger partial charge in [-0.05, 0) is 45.0 Å². The summed E-state index contributed by atoms with van der Waals surface area (Å²) in [6.07, 6.45) is 5.38. The molecule has 8 heteroatoms. The van der Waals surface area contributed by atoms with E-state index < -0.39 is 0 Å². The Hall–Kier alpha value is -2.32. The zero-order chi connectivity index (χ0) is 22.4. The number of urea groups is 1. The number of rotatable bonds is 6. The number of aliphatic hydroxyl groups excluding tert-OH is 1. The van der Waals surface area contributed by atoms with Crippen molar-refractivity contribution in [1.29, 1.82) is 0 Å². The van der Waals surface area contributed by atoms with Gasteiger partial charge in [0.2, 0.25) is 0 Å². The van der Waals surface area contributed by atoms with Crippen molar-refractivity contribution in [1.82, 2.24) is 15.5 Å². The van der Waals surface area contributed by atoms with Crippen molar-refractivity contribution >= 4 is 17.6 Å². The molecule has 0 saturated heterocycles. The summed E-state index contributed by atoms with van der Waals surface area (Å²) in [5, 5.41) is 18.7. The maximum atomic E-state index is 13.3. The smallest absolute Gasteiger partial charge is 0.319 e. The SMILES string of the molecule is CNC[C@@H]1Oc2ccc(NC(=O)NC3CCCCC3)cc2C(=O)N([C@@H](C)CO)C[C@@H]1C. The summed E-state index contributed by atoms with van der Waals surface area (Å²) < 4.78 is 6.20. The predicted octanol–water partition coefficient (Wildman–Crippen LogP) is 2.58. The van der Waals surface area contributed by atoms with E-state index in [0.717, 1.165) is 25.7 Å². The molecule has 1 aromatic carbocycles. The molecule has 172 valence electrons. The molecule has 0 unspecified atom stereocenters. The Kier molecular flexibility index (Phi) is 8.15. The van der Waals surface area contributed by atoms with Gasteiger partial charge in [0.15, 0.2) is 0 Å². The molecule has 1 heterocycles. The molecule has 0 radical (unpaired) electrons. The molecule has 1 saturated carbocycles. The molecule has 0 aromatic heterocycles. The number of hydrogen-bond donors (Lipinski definition) is 4. The molecule has 8 nitrogen and oxygen atoms in total. The number of anilines is 1. The number of likely N-dealkylation sites (N-methyl/N-ethyl adjacent to an activating group) is 1. The fourth-order valence-electron chi connectivity index (χ4n) is 4.34. The molecule has 4 N–H and O–H groups in total. The number of carbonyl (C=O) groups excluding carboxylic acids is 2. The minimum absolute atomic E-state index is 0.0811. The van der Waals surface area contributed by atoms with Crippen molar-refractivity contribution < 1.29 is 19.4 Å². The van der Waals surface area contributed by atoms with Gasteiger partial charge in [-0.15, -0.1) is 0 Å². The molecular formula is C23H36N4O4. The number of benzene rings is 1. The van der Waals surface area contributed by atoms with Crippen molar-refractivity contribution in [3.63, 3.8) is 0 Å². The molecule has 31 heavy (non-hydrogen) atoms. The van der Waals surface area contributed by atoms with E-state index in [1.165, 1.54) is 6.42 Å². The molecule has 1 aromatic rings. The summed E-state index contributed by atoms with van der Waals surface area (Å²) in [5.74, 6) is 0.366. The summed E-state index contributed by atoms with van der Waals surface area (Å²) in [4.78, 5) is 27.5. The highest BCUT2D eigenvalue weighted by atomic mass is 16.5. The second kappa shape index (κ2) is 10.8. The fourth-order valence-corrected chi connectivity index (χ4v) is 4.34. The number of hydrogen-bond acceptors (Lipinski definition) is 5. The number of ether oxygens (including phenoxy) is 1. The van der Waals surface area contributed by atoms with Crippen LogP contribution in [0.25, 0.3) is 0 Å². The number of nitrogens with zero attached hydrogens (tertiary/aromatic N) is 1. The Balaban J connectivity index is 1.82. The quantitative estimate of drug-likeness (QED) is 0.553. The highest BCUT2D eigenvalue weighted by molar-refractivity contribution is 5.99. The lowest BCUT2D eigenvalue weighted by Crippen LogP contribution is -2.49. The number of fused-ring (bicyclic) bond motifs is 1. The first kappa shape index (κ1) is 23.3. The van der Waals surface area contributed by atoms with Gasteiger partial charge in [0, 0.05) is 30.7 Å². The van der Waals surface area contributed by atoms with Crippen LogP contribution in [0.5, 0.6) is 5.75 Å². The first-order valence-electron chi connectivity index (χ1n) is 11.4. The number of carbonyl (C=O) groups is 2. The minimum atomic E-state index is -0.317. The van der Waals surface area contributed by atoms with E-state index in [9.17, 15) is 14.7 Å². The lowest BCUT2D eigenvalue weighted by atomic mass is 9.96. The average molecular weight is 433 g/mol. The monoisotopic (exact) mass is 432 g/mol. The zero-order valence-electron chi connectivity index (χ0n) is 18.8. The highest BCUT2D eigenvalue weighted by Crippen LogP contribution is 2.30. The molecule has 2 aliphatic rings. The Morgan fingerprint density at radius 2 is 2.03 bits per heavy atom. The summed E-state index contributed by atoms with van der Waals surface area (Å²) >= 11 is 0. The Morgan fingerprint density at radius 1 is 1.29 bits per heavy atom. The highest BCUT2D eigenvalue weighted by Gasteiger charge is 2.32. The molecule has 3 atom stereocenters. The van der Waals surface area contributed by atoms with Crippen LogP contribution >= 0.6 is 0 Å². The number of amides is 3. The predicted molar refractivity (Wildman–Crippen MR) is 121 cm³/mol. The van der Waals surface area contributed by atoms with Gasteiger partial charge in [0.05, 0.1) is 18.2 Å². The van der Waals surface area contributed by atoms with E-state index in [1.54, 1.807) is 23.1 Å². The Bertz CT molecular complexity index is 766. The van der Waals surface area contributed by atoms with E-state index in [-0.39, 0.29) is 42.7 Å². The molecular weight excluding hydrogens is 396 g/mol. The molecule has 1 aliphatic carbocycles. The van der Waals surface area contributed by atoms with Gasteiger partial charge in [-0.2, -0.15) is 0 Å². The fraction of sp³-hybridized carbons (Fsp3) is 0.652. The average Bonchev–Trinajstić information content (AvgIpc) is 2.76. The number of nitrogens with one attached hydrogen (secondary N) is 3. The van der Waals surface area contributed by atoms with Crippen molar-refractivity contribution in [2.75, 3.05) is 32.1 Å². The Labute approximate surface area is 184 Å². The Morgan fingerprint density at radius 3 is 2.71 bits per heavy atom.